The molecule has 1 aromatic rings. The Hall–Kier alpha value is -1.86. The van der Waals surface area contributed by atoms with Crippen LogP contribution in [0.1, 0.15) is 20.3 Å². The number of hydrogen-bond donors (Lipinski definition) is 1. The van der Waals surface area contributed by atoms with Gasteiger partial charge in [0.1, 0.15) is 11.6 Å². The molecule has 0 saturated carbocycles. The molecule has 0 amide bonds. The summed E-state index contributed by atoms with van der Waals surface area (Å²) in [6.07, 6.45) is 3.62. The van der Waals surface area contributed by atoms with Gasteiger partial charge < -0.3 is 4.74 Å². The Labute approximate surface area is 118 Å². The van der Waals surface area contributed by atoms with E-state index in [0.717, 1.165) is 0 Å². The van der Waals surface area contributed by atoms with Crippen molar-refractivity contribution in [1.29, 1.82) is 0 Å². The smallest absolute Gasteiger partial charge is 0.284 e. The fourth-order valence-corrected chi connectivity index (χ4v) is 2.60. The van der Waals surface area contributed by atoms with E-state index in [0.29, 0.717) is 18.0 Å². The number of allylic oxidation sites excluding steroid dienone is 1. The maximum Gasteiger partial charge on any atom is 0.284 e. The number of nitrogens with zero attached hydrogens (tertiary/aromatic N) is 1. The molecule has 6 nitrogen and oxygen atoms in total. The van der Waals surface area contributed by atoms with E-state index in [1.807, 2.05) is 13.8 Å². The summed E-state index contributed by atoms with van der Waals surface area (Å²) in [5, 5.41) is 0. The van der Waals surface area contributed by atoms with Gasteiger partial charge in [-0.15, -0.1) is 4.40 Å². The van der Waals surface area contributed by atoms with Gasteiger partial charge in [-0.05, 0) is 38.1 Å². The third kappa shape index (κ3) is 3.58. The second kappa shape index (κ2) is 6.06. The third-order valence-corrected chi connectivity index (χ3v) is 3.88. The van der Waals surface area contributed by atoms with Gasteiger partial charge in [-0.25, -0.2) is 0 Å². The Bertz CT molecular complexity index is 620. The molecular weight excluding hydrogens is 280 g/mol. The Morgan fingerprint density at radius 2 is 2.10 bits per heavy atom. The van der Waals surface area contributed by atoms with Crippen molar-refractivity contribution in [3.63, 3.8) is 0 Å². The van der Waals surface area contributed by atoms with Gasteiger partial charge in [-0.3, -0.25) is 10.3 Å². The molecule has 0 radical (unpaired) electrons. The summed E-state index contributed by atoms with van der Waals surface area (Å²) in [5.74, 6) is 0.873. The van der Waals surface area contributed by atoms with Gasteiger partial charge >= 0.3 is 0 Å². The van der Waals surface area contributed by atoms with Crippen molar-refractivity contribution >= 4 is 15.9 Å². The van der Waals surface area contributed by atoms with Crippen LogP contribution in [0.25, 0.3) is 0 Å². The lowest BCUT2D eigenvalue weighted by Gasteiger charge is -2.03. The number of hydroxylamine groups is 1. The highest BCUT2D eigenvalue weighted by Crippen LogP contribution is 2.19. The topological polar surface area (TPSA) is 77.0 Å². The van der Waals surface area contributed by atoms with E-state index in [4.69, 9.17) is 9.57 Å². The van der Waals surface area contributed by atoms with Crippen LogP contribution in [0, 0.1) is 0 Å². The first-order chi connectivity index (χ1) is 9.51. The summed E-state index contributed by atoms with van der Waals surface area (Å²) >= 11 is 0. The molecule has 1 fully saturated rings. The highest BCUT2D eigenvalue weighted by atomic mass is 32.2. The third-order valence-electron chi connectivity index (χ3n) is 2.55. The van der Waals surface area contributed by atoms with Crippen molar-refractivity contribution < 1.29 is 18.0 Å². The van der Waals surface area contributed by atoms with Gasteiger partial charge in [0.2, 0.25) is 0 Å². The molecule has 1 unspecified atom stereocenters. The molecule has 1 saturated heterocycles. The Morgan fingerprint density at radius 3 is 2.65 bits per heavy atom. The van der Waals surface area contributed by atoms with Crippen molar-refractivity contribution in [2.75, 3.05) is 0 Å². The summed E-state index contributed by atoms with van der Waals surface area (Å²) in [6, 6.07) is 6.07. The number of benzene rings is 1. The fourth-order valence-electron chi connectivity index (χ4n) is 1.61. The van der Waals surface area contributed by atoms with E-state index in [1.165, 1.54) is 18.4 Å². The first-order valence-electron chi connectivity index (χ1n) is 6.14. The fraction of sp³-hybridized carbons (Fsp3) is 0.308. The van der Waals surface area contributed by atoms with Crippen molar-refractivity contribution in [3.05, 3.63) is 36.6 Å². The van der Waals surface area contributed by atoms with E-state index >= 15 is 0 Å². The normalized spacial score (nSPS) is 21.3. The number of amidine groups is 1. The molecule has 108 valence electrons. The van der Waals surface area contributed by atoms with Crippen molar-refractivity contribution in [3.8, 4) is 5.75 Å². The van der Waals surface area contributed by atoms with Crippen LogP contribution in [-0.4, -0.2) is 20.4 Å². The predicted molar refractivity (Wildman–Crippen MR) is 74.8 cm³/mol. The van der Waals surface area contributed by atoms with Gasteiger partial charge in [0.15, 0.2) is 0 Å². The lowest BCUT2D eigenvalue weighted by Crippen LogP contribution is -2.15. The molecule has 1 aromatic carbocycles. The first-order valence-corrected chi connectivity index (χ1v) is 7.58. The van der Waals surface area contributed by atoms with E-state index < -0.39 is 10.0 Å². The molecule has 1 aliphatic heterocycles. The van der Waals surface area contributed by atoms with Crippen molar-refractivity contribution in [2.45, 2.75) is 31.3 Å². The van der Waals surface area contributed by atoms with Crippen LogP contribution < -0.4 is 10.2 Å². The molecular formula is C13H16N2O4S. The largest absolute Gasteiger partial charge is 0.465 e. The van der Waals surface area contributed by atoms with Gasteiger partial charge in [-0.2, -0.15) is 8.42 Å². The zero-order valence-corrected chi connectivity index (χ0v) is 12.1. The van der Waals surface area contributed by atoms with Crippen LogP contribution in [0.3, 0.4) is 0 Å². The molecule has 1 heterocycles. The lowest BCUT2D eigenvalue weighted by molar-refractivity contribution is 0.0575. The van der Waals surface area contributed by atoms with Crippen LogP contribution in [0.4, 0.5) is 0 Å². The number of sulfonamides is 1. The zero-order chi connectivity index (χ0) is 14.6. The summed E-state index contributed by atoms with van der Waals surface area (Å²) in [6.45, 7) is 3.65. The van der Waals surface area contributed by atoms with E-state index in [9.17, 15) is 8.42 Å². The molecule has 20 heavy (non-hydrogen) atoms. The average molecular weight is 296 g/mol. The number of ether oxygens (including phenoxy) is 1. The molecule has 0 bridgehead atoms. The van der Waals surface area contributed by atoms with Gasteiger partial charge in [0.05, 0.1) is 17.3 Å². The SMILES string of the molecule is C/C=C/Oc1ccc(S(=O)(=O)N=C2CC(C)ON2)cc1. The molecule has 0 spiro atoms. The summed E-state index contributed by atoms with van der Waals surface area (Å²) in [5.41, 5.74) is 2.51. The molecule has 0 aromatic heterocycles. The minimum absolute atomic E-state index is 0.0828. The molecule has 1 aliphatic rings. The zero-order valence-electron chi connectivity index (χ0n) is 11.2. The predicted octanol–water partition coefficient (Wildman–Crippen LogP) is 2.00. The monoisotopic (exact) mass is 296 g/mol. The van der Waals surface area contributed by atoms with Crippen molar-refractivity contribution in [2.24, 2.45) is 4.40 Å². The van der Waals surface area contributed by atoms with Gasteiger partial charge in [0.25, 0.3) is 10.0 Å². The minimum atomic E-state index is -3.73. The van der Waals surface area contributed by atoms with Crippen LogP contribution in [-0.2, 0) is 14.9 Å². The van der Waals surface area contributed by atoms with Crippen LogP contribution >= 0.6 is 0 Å². The Kier molecular flexibility index (Phi) is 4.41. The number of rotatable bonds is 4. The number of hydrogen-bond acceptors (Lipinski definition) is 4. The van der Waals surface area contributed by atoms with E-state index in [1.54, 1.807) is 18.2 Å². The Morgan fingerprint density at radius 1 is 1.40 bits per heavy atom. The van der Waals surface area contributed by atoms with E-state index in [2.05, 4.69) is 9.88 Å². The second-order valence-corrected chi connectivity index (χ2v) is 5.91. The highest BCUT2D eigenvalue weighted by molar-refractivity contribution is 7.90. The van der Waals surface area contributed by atoms with E-state index in [-0.39, 0.29) is 11.0 Å². The second-order valence-electron chi connectivity index (χ2n) is 4.31. The quantitative estimate of drug-likeness (QED) is 0.860. The maximum absolute atomic E-state index is 12.1. The minimum Gasteiger partial charge on any atom is -0.465 e. The molecule has 1 atom stereocenters. The first kappa shape index (κ1) is 14.5. The van der Waals surface area contributed by atoms with Gasteiger partial charge in [0, 0.05) is 6.42 Å². The Balaban J connectivity index is 2.17. The number of nitrogens with one attached hydrogen (secondary N) is 1. The van der Waals surface area contributed by atoms with Gasteiger partial charge in [-0.1, -0.05) is 6.08 Å². The summed E-state index contributed by atoms with van der Waals surface area (Å²) in [4.78, 5) is 5.15. The molecule has 2 rings (SSSR count). The molecule has 0 aliphatic carbocycles. The van der Waals surface area contributed by atoms with Crippen LogP contribution in [0.2, 0.25) is 0 Å². The standard InChI is InChI=1S/C13H16N2O4S/c1-3-8-18-11-4-6-12(7-5-11)20(16,17)15-13-9-10(2)19-14-13/h3-8,10H,9H2,1-2H3,(H,14,15)/b8-3+. The van der Waals surface area contributed by atoms with Crippen LogP contribution in [0.15, 0.2) is 45.9 Å². The van der Waals surface area contributed by atoms with Crippen LogP contribution in [0.5, 0.6) is 5.75 Å². The highest BCUT2D eigenvalue weighted by Gasteiger charge is 2.21. The maximum atomic E-state index is 12.1. The molecule has 1 N–H and O–H groups in total. The average Bonchev–Trinajstić information content (AvgIpc) is 2.81. The van der Waals surface area contributed by atoms with Crippen molar-refractivity contribution in [1.82, 2.24) is 5.48 Å². The summed E-state index contributed by atoms with van der Waals surface area (Å²) in [7, 11) is -3.73. The molecule has 7 heteroatoms. The summed E-state index contributed by atoms with van der Waals surface area (Å²) < 4.78 is 33.1. The lowest BCUT2D eigenvalue weighted by atomic mass is 10.3.